The van der Waals surface area contributed by atoms with Gasteiger partial charge in [-0.2, -0.15) is 0 Å². The second-order valence-corrected chi connectivity index (χ2v) is 8.71. The van der Waals surface area contributed by atoms with Crippen LogP contribution in [0, 0.1) is 26.2 Å². The van der Waals surface area contributed by atoms with E-state index in [0.29, 0.717) is 13.1 Å². The van der Waals surface area contributed by atoms with Gasteiger partial charge in [-0.05, 0) is 74.3 Å². The molecule has 2 aliphatic heterocycles. The molecule has 1 atom stereocenters. The number of hydrogen-bond donors (Lipinski definition) is 1. The summed E-state index contributed by atoms with van der Waals surface area (Å²) in [6.07, 6.45) is 2.80. The molecule has 29 heavy (non-hydrogen) atoms. The number of nitrogens with one attached hydrogen (secondary N) is 1. The summed E-state index contributed by atoms with van der Waals surface area (Å²) in [4.78, 5) is 30.5. The molecule has 2 aromatic rings. The van der Waals surface area contributed by atoms with Gasteiger partial charge in [0.05, 0.1) is 0 Å². The van der Waals surface area contributed by atoms with Crippen molar-refractivity contribution in [3.05, 3.63) is 56.5 Å². The molecular formula is C23H28N2O4. The molecule has 0 radical (unpaired) electrons. The van der Waals surface area contributed by atoms with Crippen molar-refractivity contribution in [3.8, 4) is 11.5 Å². The Bertz CT molecular complexity index is 1030. The van der Waals surface area contributed by atoms with Crippen molar-refractivity contribution in [3.63, 3.8) is 0 Å². The highest BCUT2D eigenvalue weighted by atomic mass is 16.7. The fourth-order valence-corrected chi connectivity index (χ4v) is 4.56. The smallest absolute Gasteiger partial charge is 0.261 e. The molecule has 0 spiro atoms. The Balaban J connectivity index is 1.56. The Morgan fingerprint density at radius 1 is 1.17 bits per heavy atom. The number of likely N-dealkylation sites (tertiary alicyclic amines) is 1. The maximum absolute atomic E-state index is 13.3. The van der Waals surface area contributed by atoms with Crippen molar-refractivity contribution in [2.75, 3.05) is 19.9 Å². The van der Waals surface area contributed by atoms with Gasteiger partial charge in [0.1, 0.15) is 5.56 Å². The average molecular weight is 396 g/mol. The molecule has 3 heterocycles. The number of pyridine rings is 1. The van der Waals surface area contributed by atoms with Crippen LogP contribution in [0.4, 0.5) is 0 Å². The predicted octanol–water partition coefficient (Wildman–Crippen LogP) is 3.51. The number of carbonyl (C=O) groups is 1. The normalized spacial score (nSPS) is 20.8. The van der Waals surface area contributed by atoms with Crippen molar-refractivity contribution < 1.29 is 14.3 Å². The highest BCUT2D eigenvalue weighted by Gasteiger charge is 2.35. The number of aromatic nitrogens is 1. The zero-order valence-electron chi connectivity index (χ0n) is 17.6. The van der Waals surface area contributed by atoms with E-state index >= 15 is 0 Å². The lowest BCUT2D eigenvalue weighted by atomic mass is 9.76. The Morgan fingerprint density at radius 2 is 1.93 bits per heavy atom. The zero-order chi connectivity index (χ0) is 20.8. The van der Waals surface area contributed by atoms with Gasteiger partial charge >= 0.3 is 0 Å². The van der Waals surface area contributed by atoms with E-state index in [9.17, 15) is 9.59 Å². The van der Waals surface area contributed by atoms with Crippen molar-refractivity contribution in [1.82, 2.24) is 9.88 Å². The predicted molar refractivity (Wildman–Crippen MR) is 111 cm³/mol. The molecule has 1 N–H and O–H groups in total. The summed E-state index contributed by atoms with van der Waals surface area (Å²) in [6, 6.07) is 6.05. The van der Waals surface area contributed by atoms with Crippen LogP contribution in [0.25, 0.3) is 0 Å². The summed E-state index contributed by atoms with van der Waals surface area (Å²) in [6.45, 7) is 9.46. The maximum Gasteiger partial charge on any atom is 0.261 e. The van der Waals surface area contributed by atoms with E-state index in [-0.39, 0.29) is 29.2 Å². The molecule has 0 bridgehead atoms. The minimum Gasteiger partial charge on any atom is -0.454 e. The lowest BCUT2D eigenvalue weighted by Crippen LogP contribution is -2.47. The molecule has 1 amide bonds. The summed E-state index contributed by atoms with van der Waals surface area (Å²) in [7, 11) is 0. The fourth-order valence-electron chi connectivity index (χ4n) is 4.56. The topological polar surface area (TPSA) is 71.6 Å². The van der Waals surface area contributed by atoms with E-state index in [2.05, 4.69) is 18.0 Å². The summed E-state index contributed by atoms with van der Waals surface area (Å²) < 4.78 is 10.9. The van der Waals surface area contributed by atoms with Gasteiger partial charge in [-0.1, -0.05) is 13.0 Å². The Hall–Kier alpha value is -2.76. The highest BCUT2D eigenvalue weighted by molar-refractivity contribution is 5.95. The zero-order valence-corrected chi connectivity index (χ0v) is 17.6. The van der Waals surface area contributed by atoms with Gasteiger partial charge in [0.2, 0.25) is 6.79 Å². The second-order valence-electron chi connectivity index (χ2n) is 8.71. The van der Waals surface area contributed by atoms with Crippen LogP contribution >= 0.6 is 0 Å². The van der Waals surface area contributed by atoms with Crippen molar-refractivity contribution in [1.29, 1.82) is 0 Å². The molecule has 6 nitrogen and oxygen atoms in total. The number of rotatable bonds is 3. The van der Waals surface area contributed by atoms with Crippen molar-refractivity contribution in [2.24, 2.45) is 5.41 Å². The molecule has 1 saturated heterocycles. The van der Waals surface area contributed by atoms with E-state index < -0.39 is 0 Å². The number of piperidine rings is 1. The molecule has 154 valence electrons. The van der Waals surface area contributed by atoms with Crippen LogP contribution in [0.1, 0.15) is 52.5 Å². The van der Waals surface area contributed by atoms with Gasteiger partial charge in [0.15, 0.2) is 11.5 Å². The molecule has 4 rings (SSSR count). The van der Waals surface area contributed by atoms with E-state index in [1.807, 2.05) is 37.8 Å². The minimum atomic E-state index is -0.293. The Kier molecular flexibility index (Phi) is 4.89. The van der Waals surface area contributed by atoms with E-state index in [1.54, 1.807) is 0 Å². The molecular weight excluding hydrogens is 368 g/mol. The van der Waals surface area contributed by atoms with E-state index in [1.165, 1.54) is 5.56 Å². The fraction of sp³-hybridized carbons (Fsp3) is 0.478. The first-order chi connectivity index (χ1) is 13.8. The van der Waals surface area contributed by atoms with Crippen LogP contribution in [0.3, 0.4) is 0 Å². The standard InChI is InChI=1S/C23H28N2O4/c1-14-15(2)20(21(26)24-16(14)3)22(27)25-9-5-8-23(4,12-25)11-17-6-7-18-19(10-17)29-13-28-18/h6-7,10H,5,8-9,11-13H2,1-4H3,(H,24,26). The first-order valence-electron chi connectivity index (χ1n) is 10.2. The van der Waals surface area contributed by atoms with Gasteiger partial charge < -0.3 is 19.4 Å². The van der Waals surface area contributed by atoms with Gasteiger partial charge in [0, 0.05) is 18.8 Å². The van der Waals surface area contributed by atoms with Crippen LogP contribution in [0.5, 0.6) is 11.5 Å². The van der Waals surface area contributed by atoms with Crippen molar-refractivity contribution >= 4 is 5.91 Å². The number of aryl methyl sites for hydroxylation is 1. The SMILES string of the molecule is Cc1[nH]c(=O)c(C(=O)N2CCCC(C)(Cc3ccc4c(c3)OCO4)C2)c(C)c1C. The Labute approximate surface area is 170 Å². The number of benzene rings is 1. The molecule has 1 unspecified atom stereocenters. The van der Waals surface area contributed by atoms with Crippen molar-refractivity contribution in [2.45, 2.75) is 47.0 Å². The van der Waals surface area contributed by atoms with Gasteiger partial charge in [-0.25, -0.2) is 0 Å². The number of nitrogens with zero attached hydrogens (tertiary/aromatic N) is 1. The van der Waals surface area contributed by atoms with Crippen LogP contribution in [0.2, 0.25) is 0 Å². The largest absolute Gasteiger partial charge is 0.454 e. The molecule has 1 fully saturated rings. The molecule has 1 aromatic heterocycles. The minimum absolute atomic E-state index is 0.0536. The molecule has 1 aromatic carbocycles. The van der Waals surface area contributed by atoms with Crippen LogP contribution in [0.15, 0.2) is 23.0 Å². The lowest BCUT2D eigenvalue weighted by molar-refractivity contribution is 0.0548. The molecule has 0 aliphatic carbocycles. The number of carbonyl (C=O) groups excluding carboxylic acids is 1. The van der Waals surface area contributed by atoms with Crippen LogP contribution in [-0.2, 0) is 6.42 Å². The molecule has 6 heteroatoms. The highest BCUT2D eigenvalue weighted by Crippen LogP contribution is 2.38. The van der Waals surface area contributed by atoms with Gasteiger partial charge in [0.25, 0.3) is 11.5 Å². The first kappa shape index (κ1) is 19.6. The summed E-state index contributed by atoms with van der Waals surface area (Å²) >= 11 is 0. The van der Waals surface area contributed by atoms with Crippen LogP contribution < -0.4 is 15.0 Å². The summed E-state index contributed by atoms with van der Waals surface area (Å²) in [5, 5.41) is 0. The number of fused-ring (bicyclic) bond motifs is 1. The summed E-state index contributed by atoms with van der Waals surface area (Å²) in [5.41, 5.74) is 3.66. The van der Waals surface area contributed by atoms with E-state index in [4.69, 9.17) is 9.47 Å². The lowest BCUT2D eigenvalue weighted by Gasteiger charge is -2.41. The second kappa shape index (κ2) is 7.25. The number of hydrogen-bond acceptors (Lipinski definition) is 4. The third kappa shape index (κ3) is 3.63. The molecule has 2 aliphatic rings. The third-order valence-corrected chi connectivity index (χ3v) is 6.38. The van der Waals surface area contributed by atoms with Gasteiger partial charge in [-0.15, -0.1) is 0 Å². The van der Waals surface area contributed by atoms with E-state index in [0.717, 1.165) is 47.6 Å². The third-order valence-electron chi connectivity index (χ3n) is 6.38. The average Bonchev–Trinajstić information content (AvgIpc) is 3.13. The first-order valence-corrected chi connectivity index (χ1v) is 10.2. The molecule has 0 saturated carbocycles. The number of amides is 1. The number of H-pyrrole nitrogens is 1. The quantitative estimate of drug-likeness (QED) is 0.862. The Morgan fingerprint density at radius 3 is 2.72 bits per heavy atom. The monoisotopic (exact) mass is 396 g/mol. The summed E-state index contributed by atoms with van der Waals surface area (Å²) in [5.74, 6) is 1.40. The maximum atomic E-state index is 13.3. The number of ether oxygens (including phenoxy) is 2. The van der Waals surface area contributed by atoms with Crippen LogP contribution in [-0.4, -0.2) is 35.7 Å². The number of aromatic amines is 1. The van der Waals surface area contributed by atoms with Gasteiger partial charge in [-0.3, -0.25) is 9.59 Å².